The fraction of sp³-hybridized carbons (Fsp3) is 0.500. The van der Waals surface area contributed by atoms with E-state index >= 15 is 0 Å². The Kier molecular flexibility index (Phi) is 4.20. The second-order valence-electron chi connectivity index (χ2n) is 4.70. The number of nitro groups is 1. The lowest BCUT2D eigenvalue weighted by Gasteiger charge is -2.35. The van der Waals surface area contributed by atoms with Crippen LogP contribution in [0.4, 0.5) is 5.69 Å². The molecule has 5 heteroatoms. The number of nitro benzene ring substituents is 1. The molecule has 2 N–H and O–H groups in total. The molecule has 1 atom stereocenters. The summed E-state index contributed by atoms with van der Waals surface area (Å²) in [5, 5.41) is 10.7. The molecular weight excluding hydrogens is 218 g/mol. The van der Waals surface area contributed by atoms with Gasteiger partial charge in [0.25, 0.3) is 5.69 Å². The number of rotatable bonds is 5. The maximum absolute atomic E-state index is 10.7. The molecule has 0 radical (unpaired) electrons. The van der Waals surface area contributed by atoms with Gasteiger partial charge >= 0.3 is 0 Å². The number of nitrogens with zero attached hydrogens (tertiary/aromatic N) is 2. The van der Waals surface area contributed by atoms with E-state index in [1.165, 1.54) is 6.07 Å². The van der Waals surface area contributed by atoms with Gasteiger partial charge in [0, 0.05) is 24.2 Å². The monoisotopic (exact) mass is 237 g/mol. The van der Waals surface area contributed by atoms with Crippen molar-refractivity contribution >= 4 is 5.69 Å². The van der Waals surface area contributed by atoms with E-state index in [1.54, 1.807) is 12.1 Å². The quantitative estimate of drug-likeness (QED) is 0.621. The van der Waals surface area contributed by atoms with Gasteiger partial charge in [-0.3, -0.25) is 10.1 Å². The Morgan fingerprint density at radius 3 is 2.59 bits per heavy atom. The standard InChI is InChI=1S/C12H19N3O2/c1-12(9-13,14(2)3)8-10-5-4-6-11(7-10)15(16)17/h4-7H,8-9,13H2,1-3H3. The third-order valence-electron chi connectivity index (χ3n) is 3.23. The minimum atomic E-state index is -0.376. The van der Waals surface area contributed by atoms with Crippen molar-refractivity contribution in [3.8, 4) is 0 Å². The van der Waals surface area contributed by atoms with E-state index in [2.05, 4.69) is 0 Å². The molecule has 0 aliphatic carbocycles. The highest BCUT2D eigenvalue weighted by atomic mass is 16.6. The Labute approximate surface area is 101 Å². The molecule has 1 aromatic carbocycles. The zero-order valence-corrected chi connectivity index (χ0v) is 10.5. The highest BCUT2D eigenvalue weighted by Gasteiger charge is 2.25. The zero-order chi connectivity index (χ0) is 13.1. The van der Waals surface area contributed by atoms with Crippen LogP contribution in [0.15, 0.2) is 24.3 Å². The Morgan fingerprint density at radius 1 is 1.47 bits per heavy atom. The molecule has 0 bridgehead atoms. The fourth-order valence-electron chi connectivity index (χ4n) is 1.63. The number of nitrogens with two attached hydrogens (primary N) is 1. The van der Waals surface area contributed by atoms with E-state index in [4.69, 9.17) is 5.73 Å². The van der Waals surface area contributed by atoms with Crippen LogP contribution < -0.4 is 5.73 Å². The van der Waals surface area contributed by atoms with Crippen LogP contribution in [0.5, 0.6) is 0 Å². The maximum Gasteiger partial charge on any atom is 0.269 e. The van der Waals surface area contributed by atoms with E-state index in [9.17, 15) is 10.1 Å². The predicted molar refractivity (Wildman–Crippen MR) is 67.9 cm³/mol. The average Bonchev–Trinajstić information content (AvgIpc) is 2.29. The van der Waals surface area contributed by atoms with Crippen LogP contribution >= 0.6 is 0 Å². The smallest absolute Gasteiger partial charge is 0.269 e. The summed E-state index contributed by atoms with van der Waals surface area (Å²) >= 11 is 0. The van der Waals surface area contributed by atoms with Crippen LogP contribution in [-0.4, -0.2) is 36.0 Å². The predicted octanol–water partition coefficient (Wildman–Crippen LogP) is 1.42. The first-order valence-electron chi connectivity index (χ1n) is 5.50. The summed E-state index contributed by atoms with van der Waals surface area (Å²) in [7, 11) is 3.93. The molecular formula is C12H19N3O2. The molecule has 0 heterocycles. The first-order chi connectivity index (χ1) is 7.89. The van der Waals surface area contributed by atoms with E-state index in [1.807, 2.05) is 32.0 Å². The largest absolute Gasteiger partial charge is 0.329 e. The van der Waals surface area contributed by atoms with Gasteiger partial charge in [-0.2, -0.15) is 0 Å². The van der Waals surface area contributed by atoms with Crippen LogP contribution in [0.3, 0.4) is 0 Å². The minimum Gasteiger partial charge on any atom is -0.329 e. The number of hydrogen-bond donors (Lipinski definition) is 1. The Morgan fingerprint density at radius 2 is 2.12 bits per heavy atom. The van der Waals surface area contributed by atoms with Crippen LogP contribution in [-0.2, 0) is 6.42 Å². The van der Waals surface area contributed by atoms with Crippen molar-refractivity contribution < 1.29 is 4.92 Å². The molecule has 0 aliphatic heterocycles. The molecule has 0 amide bonds. The Balaban J connectivity index is 2.94. The first kappa shape index (κ1) is 13.6. The maximum atomic E-state index is 10.7. The van der Waals surface area contributed by atoms with Gasteiger partial charge < -0.3 is 10.6 Å². The molecule has 0 spiro atoms. The molecule has 0 saturated heterocycles. The molecule has 0 fully saturated rings. The highest BCUT2D eigenvalue weighted by molar-refractivity contribution is 5.35. The lowest BCUT2D eigenvalue weighted by Crippen LogP contribution is -2.49. The van der Waals surface area contributed by atoms with E-state index in [-0.39, 0.29) is 16.1 Å². The van der Waals surface area contributed by atoms with Crippen molar-refractivity contribution in [1.82, 2.24) is 4.90 Å². The summed E-state index contributed by atoms with van der Waals surface area (Å²) in [5.41, 5.74) is 6.65. The molecule has 0 aromatic heterocycles. The summed E-state index contributed by atoms with van der Waals surface area (Å²) in [4.78, 5) is 12.4. The number of non-ortho nitro benzene ring substituents is 1. The lowest BCUT2D eigenvalue weighted by atomic mass is 9.91. The van der Waals surface area contributed by atoms with Crippen LogP contribution in [0.1, 0.15) is 12.5 Å². The summed E-state index contributed by atoms with van der Waals surface area (Å²) < 4.78 is 0. The van der Waals surface area contributed by atoms with Gasteiger partial charge in [0.15, 0.2) is 0 Å². The summed E-state index contributed by atoms with van der Waals surface area (Å²) in [5.74, 6) is 0. The zero-order valence-electron chi connectivity index (χ0n) is 10.5. The van der Waals surface area contributed by atoms with Crippen molar-refractivity contribution in [2.24, 2.45) is 5.73 Å². The molecule has 17 heavy (non-hydrogen) atoms. The lowest BCUT2D eigenvalue weighted by molar-refractivity contribution is -0.384. The number of benzene rings is 1. The van der Waals surface area contributed by atoms with Gasteiger partial charge in [-0.15, -0.1) is 0 Å². The highest BCUT2D eigenvalue weighted by Crippen LogP contribution is 2.20. The van der Waals surface area contributed by atoms with E-state index < -0.39 is 0 Å². The number of likely N-dealkylation sites (N-methyl/N-ethyl adjacent to an activating group) is 1. The third-order valence-corrected chi connectivity index (χ3v) is 3.23. The van der Waals surface area contributed by atoms with Gasteiger partial charge in [-0.25, -0.2) is 0 Å². The number of hydrogen-bond acceptors (Lipinski definition) is 4. The first-order valence-corrected chi connectivity index (χ1v) is 5.50. The van der Waals surface area contributed by atoms with Crippen LogP contribution in [0.25, 0.3) is 0 Å². The summed E-state index contributed by atoms with van der Waals surface area (Å²) in [6.07, 6.45) is 0.693. The summed E-state index contributed by atoms with van der Waals surface area (Å²) in [6, 6.07) is 6.71. The molecule has 1 rings (SSSR count). The molecule has 1 aromatic rings. The summed E-state index contributed by atoms with van der Waals surface area (Å²) in [6.45, 7) is 2.55. The van der Waals surface area contributed by atoms with Crippen LogP contribution in [0.2, 0.25) is 0 Å². The fourth-order valence-corrected chi connectivity index (χ4v) is 1.63. The van der Waals surface area contributed by atoms with Gasteiger partial charge in [-0.05, 0) is 33.0 Å². The van der Waals surface area contributed by atoms with Crippen molar-refractivity contribution in [3.05, 3.63) is 39.9 Å². The normalized spacial score (nSPS) is 14.6. The van der Waals surface area contributed by atoms with Gasteiger partial charge in [0.1, 0.15) is 0 Å². The topological polar surface area (TPSA) is 72.4 Å². The van der Waals surface area contributed by atoms with Gasteiger partial charge in [-0.1, -0.05) is 12.1 Å². The molecule has 0 aliphatic rings. The minimum absolute atomic E-state index is 0.126. The Hall–Kier alpha value is -1.46. The second-order valence-corrected chi connectivity index (χ2v) is 4.70. The van der Waals surface area contributed by atoms with E-state index in [0.29, 0.717) is 13.0 Å². The van der Waals surface area contributed by atoms with E-state index in [0.717, 1.165) is 5.56 Å². The molecule has 0 saturated carbocycles. The molecule has 5 nitrogen and oxygen atoms in total. The van der Waals surface area contributed by atoms with Gasteiger partial charge in [0.2, 0.25) is 0 Å². The molecule has 1 unspecified atom stereocenters. The van der Waals surface area contributed by atoms with Crippen LogP contribution in [0, 0.1) is 10.1 Å². The third kappa shape index (κ3) is 3.25. The van der Waals surface area contributed by atoms with Crippen molar-refractivity contribution in [1.29, 1.82) is 0 Å². The van der Waals surface area contributed by atoms with Crippen molar-refractivity contribution in [2.45, 2.75) is 18.9 Å². The van der Waals surface area contributed by atoms with Crippen molar-refractivity contribution in [3.63, 3.8) is 0 Å². The van der Waals surface area contributed by atoms with Crippen molar-refractivity contribution in [2.75, 3.05) is 20.6 Å². The Bertz CT molecular complexity index is 406. The second kappa shape index (κ2) is 5.25. The average molecular weight is 237 g/mol. The SMILES string of the molecule is CN(C)C(C)(CN)Cc1cccc([N+](=O)[O-])c1. The van der Waals surface area contributed by atoms with Gasteiger partial charge in [0.05, 0.1) is 4.92 Å². The molecule has 94 valence electrons.